The summed E-state index contributed by atoms with van der Waals surface area (Å²) in [5.41, 5.74) is 7.01. The van der Waals surface area contributed by atoms with E-state index in [1.165, 1.54) is 61.3 Å². The van der Waals surface area contributed by atoms with Gasteiger partial charge in [-0.25, -0.2) is 0 Å². The molecule has 4 heteroatoms. The minimum atomic E-state index is 0. The molecule has 0 amide bonds. The van der Waals surface area contributed by atoms with Crippen molar-refractivity contribution in [1.29, 1.82) is 0 Å². The van der Waals surface area contributed by atoms with E-state index in [0.717, 1.165) is 6.42 Å². The molecule has 2 aromatic carbocycles. The van der Waals surface area contributed by atoms with Crippen LogP contribution < -0.4 is 28.1 Å². The van der Waals surface area contributed by atoms with E-state index in [9.17, 15) is 0 Å². The average Bonchev–Trinajstić information content (AvgIpc) is 2.87. The van der Waals surface area contributed by atoms with Gasteiger partial charge >= 0.3 is 115 Å². The van der Waals surface area contributed by atoms with Gasteiger partial charge in [0.05, 0.1) is 0 Å². The molecule has 3 aromatic rings. The van der Waals surface area contributed by atoms with Gasteiger partial charge in [-0.1, -0.05) is 0 Å². The molecule has 1 heterocycles. The van der Waals surface area contributed by atoms with E-state index in [4.69, 9.17) is 0 Å². The minimum absolute atomic E-state index is 0. The predicted octanol–water partition coefficient (Wildman–Crippen LogP) is -3.08. The van der Waals surface area contributed by atoms with E-state index in [1.807, 2.05) is 0 Å². The SMILES string of the molecule is [Cl-].[Cl-].[Zr+2][c]1cccc2c1Cc1c-2[nH]c2ccccc12. The number of fused-ring (bicyclic) bond motifs is 5. The zero-order valence-electron chi connectivity index (χ0n) is 10.0. The first kappa shape index (κ1) is 14.8. The van der Waals surface area contributed by atoms with Gasteiger partial charge in [0.15, 0.2) is 0 Å². The molecule has 0 unspecified atom stereocenters. The number of H-pyrrole nitrogens is 1. The summed E-state index contributed by atoms with van der Waals surface area (Å²) >= 11 is 1.51. The van der Waals surface area contributed by atoms with E-state index >= 15 is 0 Å². The number of aromatic amines is 1. The van der Waals surface area contributed by atoms with Gasteiger partial charge in [0.25, 0.3) is 0 Å². The van der Waals surface area contributed by atoms with Gasteiger partial charge in [-0.2, -0.15) is 0 Å². The molecule has 1 aliphatic carbocycles. The van der Waals surface area contributed by atoms with Crippen LogP contribution >= 0.6 is 0 Å². The third kappa shape index (κ3) is 2.11. The van der Waals surface area contributed by atoms with E-state index < -0.39 is 0 Å². The maximum atomic E-state index is 3.57. The Balaban J connectivity index is 0.000000667. The topological polar surface area (TPSA) is 15.8 Å². The molecule has 0 atom stereocenters. The fourth-order valence-corrected chi connectivity index (χ4v) is 3.59. The zero-order chi connectivity index (χ0) is 11.4. The molecule has 1 aliphatic rings. The third-order valence-electron chi connectivity index (χ3n) is 3.61. The van der Waals surface area contributed by atoms with E-state index in [1.54, 1.807) is 0 Å². The number of halogens is 2. The van der Waals surface area contributed by atoms with Crippen molar-refractivity contribution in [3.05, 3.63) is 53.6 Å². The molecule has 1 N–H and O–H groups in total. The molecule has 19 heavy (non-hydrogen) atoms. The molecule has 1 nitrogen and oxygen atoms in total. The Morgan fingerprint density at radius 2 is 1.68 bits per heavy atom. The Kier molecular flexibility index (Phi) is 4.25. The van der Waals surface area contributed by atoms with Gasteiger partial charge in [0.2, 0.25) is 0 Å². The molecular formula is C15H10Cl2NZr. The van der Waals surface area contributed by atoms with E-state index in [0.29, 0.717) is 0 Å². The molecule has 0 bridgehead atoms. The molecule has 4 rings (SSSR count). The quantitative estimate of drug-likeness (QED) is 0.340. The Hall–Kier alpha value is -0.557. The Labute approximate surface area is 139 Å². The van der Waals surface area contributed by atoms with Crippen LogP contribution in [0.5, 0.6) is 0 Å². The molecule has 0 fully saturated rings. The molecule has 0 radical (unpaired) electrons. The predicted molar refractivity (Wildman–Crippen MR) is 66.2 cm³/mol. The first-order chi connectivity index (χ1) is 8.34. The second-order valence-electron chi connectivity index (χ2n) is 4.53. The number of para-hydroxylation sites is 1. The molecule has 0 aliphatic heterocycles. The van der Waals surface area contributed by atoms with Crippen molar-refractivity contribution in [2.75, 3.05) is 0 Å². The summed E-state index contributed by atoms with van der Waals surface area (Å²) in [7, 11) is 0. The van der Waals surface area contributed by atoms with Crippen molar-refractivity contribution < 1.29 is 49.5 Å². The average molecular weight is 366 g/mol. The molecule has 0 saturated carbocycles. The maximum absolute atomic E-state index is 3.57. The number of hydrogen-bond acceptors (Lipinski definition) is 0. The first-order valence-corrected chi connectivity index (χ1v) is 7.01. The first-order valence-electron chi connectivity index (χ1n) is 5.78. The van der Waals surface area contributed by atoms with Crippen LogP contribution in [0.15, 0.2) is 42.5 Å². The summed E-state index contributed by atoms with van der Waals surface area (Å²) in [6.07, 6.45) is 1.09. The standard InChI is InChI=1S/C15H10N.2ClH.Zr/c1-2-6-11-10(5-1)9-13-12-7-3-4-8-14(12)16-15(11)13;;;/h1-4,6-8,16H,9H2;2*1H;/q;;;+2/p-2. The zero-order valence-corrected chi connectivity index (χ0v) is 14.0. The Morgan fingerprint density at radius 3 is 2.53 bits per heavy atom. The Morgan fingerprint density at radius 1 is 0.895 bits per heavy atom. The number of hydrogen-bond donors (Lipinski definition) is 1. The summed E-state index contributed by atoms with van der Waals surface area (Å²) in [6.45, 7) is 0. The molecule has 0 saturated heterocycles. The fraction of sp³-hybridized carbons (Fsp3) is 0.0667. The van der Waals surface area contributed by atoms with Crippen LogP contribution in [-0.4, -0.2) is 4.98 Å². The second-order valence-corrected chi connectivity index (χ2v) is 5.86. The van der Waals surface area contributed by atoms with Crippen molar-refractivity contribution in [1.82, 2.24) is 4.98 Å². The van der Waals surface area contributed by atoms with Crippen molar-refractivity contribution in [3.8, 4) is 11.3 Å². The van der Waals surface area contributed by atoms with Crippen LogP contribution in [0.4, 0.5) is 0 Å². The van der Waals surface area contributed by atoms with Crippen LogP contribution in [-0.2, 0) is 31.1 Å². The van der Waals surface area contributed by atoms with Gasteiger partial charge < -0.3 is 24.8 Å². The number of nitrogens with one attached hydrogen (secondary N) is 1. The summed E-state index contributed by atoms with van der Waals surface area (Å²) < 4.78 is 1.49. The van der Waals surface area contributed by atoms with Crippen molar-refractivity contribution in [2.45, 2.75) is 6.42 Å². The summed E-state index contributed by atoms with van der Waals surface area (Å²) in [5, 5.41) is 1.38. The van der Waals surface area contributed by atoms with Gasteiger partial charge in [0.1, 0.15) is 0 Å². The fourth-order valence-electron chi connectivity index (χ4n) is 2.80. The number of aromatic nitrogens is 1. The van der Waals surface area contributed by atoms with Gasteiger partial charge in [-0.15, -0.1) is 0 Å². The van der Waals surface area contributed by atoms with E-state index in [2.05, 4.69) is 47.4 Å². The summed E-state index contributed by atoms with van der Waals surface area (Å²) in [4.78, 5) is 3.57. The molecule has 1 aromatic heterocycles. The summed E-state index contributed by atoms with van der Waals surface area (Å²) in [6, 6.07) is 15.3. The van der Waals surface area contributed by atoms with Crippen LogP contribution in [0.2, 0.25) is 0 Å². The molecule has 93 valence electrons. The van der Waals surface area contributed by atoms with Gasteiger partial charge in [-0.3, -0.25) is 0 Å². The van der Waals surface area contributed by atoms with E-state index in [-0.39, 0.29) is 24.8 Å². The molecular weight excluding hydrogens is 356 g/mol. The monoisotopic (exact) mass is 364 g/mol. The number of benzene rings is 2. The van der Waals surface area contributed by atoms with Crippen LogP contribution in [0.25, 0.3) is 22.2 Å². The van der Waals surface area contributed by atoms with Crippen LogP contribution in [0, 0.1) is 0 Å². The Bertz CT molecular complexity index is 749. The van der Waals surface area contributed by atoms with Gasteiger partial charge in [0, 0.05) is 0 Å². The van der Waals surface area contributed by atoms with Gasteiger partial charge in [-0.05, 0) is 0 Å². The number of rotatable bonds is 0. The normalized spacial score (nSPS) is 11.5. The molecule has 0 spiro atoms. The van der Waals surface area contributed by atoms with Crippen LogP contribution in [0.3, 0.4) is 0 Å². The second kappa shape index (κ2) is 5.44. The van der Waals surface area contributed by atoms with Crippen molar-refractivity contribution in [2.24, 2.45) is 0 Å². The van der Waals surface area contributed by atoms with Crippen LogP contribution in [0.1, 0.15) is 11.1 Å². The van der Waals surface area contributed by atoms with Crippen molar-refractivity contribution >= 4 is 14.2 Å². The summed E-state index contributed by atoms with van der Waals surface area (Å²) in [5.74, 6) is 0. The van der Waals surface area contributed by atoms with Crippen molar-refractivity contribution in [3.63, 3.8) is 0 Å². The third-order valence-corrected chi connectivity index (χ3v) is 4.76.